The van der Waals surface area contributed by atoms with Crippen LogP contribution in [-0.2, 0) is 9.84 Å². The highest BCUT2D eigenvalue weighted by Gasteiger charge is 2.28. The average Bonchev–Trinajstić information content (AvgIpc) is 2.36. The van der Waals surface area contributed by atoms with Crippen molar-refractivity contribution in [3.8, 4) is 0 Å². The third-order valence-corrected chi connectivity index (χ3v) is 3.14. The fourth-order valence-corrected chi connectivity index (χ4v) is 2.31. The maximum atomic E-state index is 11.0. The molecule has 52 valence electrons. The Labute approximate surface area is 58.7 Å². The number of allylic oxidation sites excluding steroid dienone is 1. The van der Waals surface area contributed by atoms with Gasteiger partial charge in [-0.05, 0) is 12.2 Å². The van der Waals surface area contributed by atoms with E-state index in [0.29, 0.717) is 10.6 Å². The molecule has 0 spiro atoms. The molecule has 4 heteroatoms. The minimum atomic E-state index is -2.98. The zero-order valence-corrected chi connectivity index (χ0v) is 5.93. The normalized spacial score (nSPS) is 26.0. The van der Waals surface area contributed by atoms with Crippen LogP contribution in [0.3, 0.4) is 0 Å². The van der Waals surface area contributed by atoms with Crippen LogP contribution in [0.2, 0.25) is 0 Å². The maximum Gasteiger partial charge on any atom is 0.184 e. The molecule has 0 saturated carbocycles. The first-order chi connectivity index (χ1) is 4.70. The van der Waals surface area contributed by atoms with Crippen LogP contribution in [0.15, 0.2) is 27.7 Å². The van der Waals surface area contributed by atoms with Crippen LogP contribution in [0.25, 0.3) is 0 Å². The fourth-order valence-electron chi connectivity index (χ4n) is 1.03. The Kier molecular flexibility index (Phi) is 0.922. The van der Waals surface area contributed by atoms with E-state index in [1.807, 2.05) is 0 Å². The molecule has 0 saturated heterocycles. The molecule has 0 bridgehead atoms. The summed E-state index contributed by atoms with van der Waals surface area (Å²) in [5.74, 6) is 0.117. The van der Waals surface area contributed by atoms with Gasteiger partial charge in [-0.1, -0.05) is 0 Å². The fraction of sp³-hybridized carbons (Fsp3) is 0.167. The van der Waals surface area contributed by atoms with Gasteiger partial charge in [-0.2, -0.15) is 0 Å². The van der Waals surface area contributed by atoms with Gasteiger partial charge in [0.15, 0.2) is 9.84 Å². The minimum absolute atomic E-state index is 0.117. The minimum Gasteiger partial charge on any atom is -0.256 e. The Bertz CT molecular complexity index is 359. The van der Waals surface area contributed by atoms with Crippen molar-refractivity contribution in [1.29, 1.82) is 0 Å². The molecule has 2 aliphatic rings. The highest BCUT2D eigenvalue weighted by atomic mass is 32.2. The summed E-state index contributed by atoms with van der Waals surface area (Å²) in [4.78, 5) is 4.24. The van der Waals surface area contributed by atoms with Gasteiger partial charge in [-0.25, -0.2) is 8.42 Å². The first-order valence-corrected chi connectivity index (χ1v) is 4.53. The highest BCUT2D eigenvalue weighted by molar-refractivity contribution is 7.96. The highest BCUT2D eigenvalue weighted by Crippen LogP contribution is 2.28. The predicted octanol–water partition coefficient (Wildman–Crippen LogP) is 0.267. The quantitative estimate of drug-likeness (QED) is 0.504. The van der Waals surface area contributed by atoms with E-state index in [9.17, 15) is 8.42 Å². The molecular formula is C6H5NO2S. The molecule has 2 heterocycles. The molecule has 0 unspecified atom stereocenters. The standard InChI is InChI=1S/C6H5NO2S/c8-10(9)4-2-5-6(10)1-3-7-5/h1-3H,4H2. The van der Waals surface area contributed by atoms with Gasteiger partial charge in [0.05, 0.1) is 16.4 Å². The number of sulfone groups is 1. The molecular weight excluding hydrogens is 150 g/mol. The van der Waals surface area contributed by atoms with E-state index in [0.717, 1.165) is 0 Å². The Balaban J connectivity index is 2.66. The van der Waals surface area contributed by atoms with E-state index in [1.54, 1.807) is 6.08 Å². The first kappa shape index (κ1) is 5.85. The van der Waals surface area contributed by atoms with E-state index in [1.165, 1.54) is 12.3 Å². The van der Waals surface area contributed by atoms with Gasteiger partial charge in [0.25, 0.3) is 0 Å². The largest absolute Gasteiger partial charge is 0.256 e. The second kappa shape index (κ2) is 1.58. The van der Waals surface area contributed by atoms with Crippen LogP contribution in [-0.4, -0.2) is 20.4 Å². The summed E-state index contributed by atoms with van der Waals surface area (Å²) in [5, 5.41) is 0. The van der Waals surface area contributed by atoms with Gasteiger partial charge in [0.2, 0.25) is 0 Å². The van der Waals surface area contributed by atoms with Gasteiger partial charge in [0, 0.05) is 6.21 Å². The molecule has 0 fully saturated rings. The lowest BCUT2D eigenvalue weighted by molar-refractivity contribution is 0.607. The number of aliphatic imine (C=N–C) groups is 1. The molecule has 2 aliphatic heterocycles. The Morgan fingerprint density at radius 1 is 1.50 bits per heavy atom. The van der Waals surface area contributed by atoms with Crippen LogP contribution in [0.4, 0.5) is 0 Å². The van der Waals surface area contributed by atoms with Gasteiger partial charge in [0.1, 0.15) is 0 Å². The smallest absolute Gasteiger partial charge is 0.184 e. The van der Waals surface area contributed by atoms with Crippen LogP contribution in [0.5, 0.6) is 0 Å². The molecule has 2 rings (SSSR count). The lowest BCUT2D eigenvalue weighted by atomic mass is 10.4. The van der Waals surface area contributed by atoms with Crippen LogP contribution >= 0.6 is 0 Å². The summed E-state index contributed by atoms with van der Waals surface area (Å²) in [7, 11) is -2.98. The lowest BCUT2D eigenvalue weighted by Gasteiger charge is -1.91. The summed E-state index contributed by atoms with van der Waals surface area (Å²) in [6.45, 7) is 0. The zero-order chi connectivity index (χ0) is 7.19. The van der Waals surface area contributed by atoms with E-state index >= 15 is 0 Å². The topological polar surface area (TPSA) is 46.5 Å². The van der Waals surface area contributed by atoms with Crippen molar-refractivity contribution < 1.29 is 8.42 Å². The van der Waals surface area contributed by atoms with Crippen molar-refractivity contribution in [2.75, 3.05) is 5.75 Å². The first-order valence-electron chi connectivity index (χ1n) is 2.88. The molecule has 0 aromatic heterocycles. The van der Waals surface area contributed by atoms with Crippen molar-refractivity contribution in [1.82, 2.24) is 0 Å². The van der Waals surface area contributed by atoms with E-state index < -0.39 is 9.84 Å². The lowest BCUT2D eigenvalue weighted by Crippen LogP contribution is -1.99. The van der Waals surface area contributed by atoms with E-state index in [2.05, 4.69) is 4.99 Å². The second-order valence-electron chi connectivity index (χ2n) is 2.18. The molecule has 0 N–H and O–H groups in total. The monoisotopic (exact) mass is 155 g/mol. The van der Waals surface area contributed by atoms with E-state index in [4.69, 9.17) is 0 Å². The van der Waals surface area contributed by atoms with Crippen LogP contribution in [0.1, 0.15) is 0 Å². The summed E-state index contributed by atoms with van der Waals surface area (Å²) in [6, 6.07) is 0. The van der Waals surface area contributed by atoms with E-state index in [-0.39, 0.29) is 5.75 Å². The maximum absolute atomic E-state index is 11.0. The van der Waals surface area contributed by atoms with Crippen molar-refractivity contribution in [2.45, 2.75) is 0 Å². The molecule has 0 aliphatic carbocycles. The molecule has 0 aromatic rings. The van der Waals surface area contributed by atoms with Gasteiger partial charge >= 0.3 is 0 Å². The van der Waals surface area contributed by atoms with Crippen molar-refractivity contribution >= 4 is 16.1 Å². The zero-order valence-electron chi connectivity index (χ0n) is 5.11. The predicted molar refractivity (Wildman–Crippen MR) is 38.4 cm³/mol. The Hall–Kier alpha value is -0.900. The third-order valence-electron chi connectivity index (χ3n) is 1.52. The van der Waals surface area contributed by atoms with Gasteiger partial charge < -0.3 is 0 Å². The number of nitrogens with zero attached hydrogens (tertiary/aromatic N) is 1. The van der Waals surface area contributed by atoms with Crippen molar-refractivity contribution in [2.24, 2.45) is 4.99 Å². The van der Waals surface area contributed by atoms with Crippen LogP contribution in [0, 0.1) is 0 Å². The third kappa shape index (κ3) is 0.593. The molecule has 0 aromatic carbocycles. The SMILES string of the molecule is O=S1(=O)CC=C2N=CC=C21. The summed E-state index contributed by atoms with van der Waals surface area (Å²) in [6.07, 6.45) is 4.68. The summed E-state index contributed by atoms with van der Waals surface area (Å²) < 4.78 is 22.1. The van der Waals surface area contributed by atoms with Gasteiger partial charge in [-0.3, -0.25) is 4.99 Å². The number of hydrogen-bond acceptors (Lipinski definition) is 3. The molecule has 0 radical (unpaired) electrons. The number of rotatable bonds is 0. The van der Waals surface area contributed by atoms with Crippen molar-refractivity contribution in [3.63, 3.8) is 0 Å². The summed E-state index contributed by atoms with van der Waals surface area (Å²) >= 11 is 0. The van der Waals surface area contributed by atoms with Gasteiger partial charge in [-0.15, -0.1) is 0 Å². The molecule has 0 amide bonds. The number of hydrogen-bond donors (Lipinski definition) is 0. The Morgan fingerprint density at radius 3 is 3.00 bits per heavy atom. The molecule has 3 nitrogen and oxygen atoms in total. The Morgan fingerprint density at radius 2 is 2.30 bits per heavy atom. The van der Waals surface area contributed by atoms with Crippen molar-refractivity contribution in [3.05, 3.63) is 22.8 Å². The molecule has 10 heavy (non-hydrogen) atoms. The average molecular weight is 155 g/mol. The summed E-state index contributed by atoms with van der Waals surface area (Å²) in [5.41, 5.74) is 0.611. The van der Waals surface area contributed by atoms with Crippen LogP contribution < -0.4 is 0 Å². The molecule has 0 atom stereocenters. The number of fused-ring (bicyclic) bond motifs is 1. The second-order valence-corrected chi connectivity index (χ2v) is 4.18.